The highest BCUT2D eigenvalue weighted by atomic mass is 16.5. The monoisotopic (exact) mass is 358 g/mol. The van der Waals surface area contributed by atoms with Crippen molar-refractivity contribution in [3.05, 3.63) is 52.9 Å². The number of carbonyl (C=O) groups excluding carboxylic acids is 3. The summed E-state index contributed by atoms with van der Waals surface area (Å²) < 4.78 is 4.89. The maximum Gasteiger partial charge on any atom is 0.356 e. The Bertz CT molecular complexity index is 735. The van der Waals surface area contributed by atoms with E-state index in [9.17, 15) is 14.4 Å². The van der Waals surface area contributed by atoms with Crippen molar-refractivity contribution in [3.8, 4) is 0 Å². The summed E-state index contributed by atoms with van der Waals surface area (Å²) in [5, 5.41) is 0. The summed E-state index contributed by atoms with van der Waals surface area (Å²) in [6.45, 7) is 9.64. The molecule has 0 fully saturated rings. The summed E-state index contributed by atoms with van der Waals surface area (Å²) in [5.41, 5.74) is 1.40. The Morgan fingerprint density at radius 1 is 1.19 bits per heavy atom. The second-order valence-electron chi connectivity index (χ2n) is 5.68. The van der Waals surface area contributed by atoms with Crippen LogP contribution in [0, 0.1) is 0 Å². The van der Waals surface area contributed by atoms with Crippen molar-refractivity contribution in [3.63, 3.8) is 0 Å². The smallest absolute Gasteiger partial charge is 0.356 e. The Labute approximate surface area is 154 Å². The molecule has 1 aromatic heterocycles. The molecule has 0 bridgehead atoms. The largest absolute Gasteiger partial charge is 0.461 e. The van der Waals surface area contributed by atoms with Crippen LogP contribution in [0.15, 0.2) is 41.5 Å². The maximum absolute atomic E-state index is 12.3. The fourth-order valence-electron chi connectivity index (χ4n) is 2.27. The molecule has 0 aromatic carbocycles. The number of hydrogen-bond acceptors (Lipinski definition) is 5. The van der Waals surface area contributed by atoms with Crippen LogP contribution in [0.2, 0.25) is 0 Å². The number of allylic oxidation sites excluding steroid dienone is 1. The number of rotatable bonds is 5. The number of aromatic nitrogens is 1. The second-order valence-corrected chi connectivity index (χ2v) is 5.68. The van der Waals surface area contributed by atoms with E-state index in [-0.39, 0.29) is 30.7 Å². The molecule has 0 N–H and O–H groups in total. The van der Waals surface area contributed by atoms with Crippen LogP contribution in [0.25, 0.3) is 0 Å². The van der Waals surface area contributed by atoms with Gasteiger partial charge >= 0.3 is 5.97 Å². The normalized spacial score (nSPS) is 14.0. The zero-order chi connectivity index (χ0) is 19.7. The quantitative estimate of drug-likeness (QED) is 0.595. The van der Waals surface area contributed by atoms with Gasteiger partial charge in [-0.2, -0.15) is 0 Å². The number of amides is 2. The molecular formula is C20H26N2O4. The van der Waals surface area contributed by atoms with Crippen molar-refractivity contribution in [1.29, 1.82) is 0 Å². The Morgan fingerprint density at radius 3 is 2.42 bits per heavy atom. The molecule has 0 spiro atoms. The van der Waals surface area contributed by atoms with E-state index in [2.05, 4.69) is 18.8 Å². The molecule has 1 aromatic rings. The minimum Gasteiger partial charge on any atom is -0.461 e. The molecule has 1 aliphatic rings. The zero-order valence-corrected chi connectivity index (χ0v) is 16.0. The second kappa shape index (κ2) is 10.3. The van der Waals surface area contributed by atoms with Crippen LogP contribution in [-0.4, -0.2) is 34.3 Å². The lowest BCUT2D eigenvalue weighted by Gasteiger charge is -2.14. The van der Waals surface area contributed by atoms with E-state index >= 15 is 0 Å². The lowest BCUT2D eigenvalue weighted by molar-refractivity contribution is -0.138. The SMILES string of the molecule is C/C=C\C1=C(C)C(=O)N(Cc2cccc(C(=O)OCC)n2)C1=O.CCC. The summed E-state index contributed by atoms with van der Waals surface area (Å²) in [5.74, 6) is -1.22. The first kappa shape index (κ1) is 21.3. The van der Waals surface area contributed by atoms with Crippen molar-refractivity contribution in [2.45, 2.75) is 47.6 Å². The Balaban J connectivity index is 0.00000105. The third-order valence-electron chi connectivity index (χ3n) is 3.39. The van der Waals surface area contributed by atoms with Gasteiger partial charge in [-0.25, -0.2) is 9.78 Å². The van der Waals surface area contributed by atoms with Crippen LogP contribution in [0.5, 0.6) is 0 Å². The fourth-order valence-corrected chi connectivity index (χ4v) is 2.27. The van der Waals surface area contributed by atoms with Crippen molar-refractivity contribution < 1.29 is 19.1 Å². The van der Waals surface area contributed by atoms with Crippen molar-refractivity contribution >= 4 is 17.8 Å². The summed E-state index contributed by atoms with van der Waals surface area (Å²) in [6, 6.07) is 4.84. The van der Waals surface area contributed by atoms with Gasteiger partial charge in [-0.3, -0.25) is 14.5 Å². The van der Waals surface area contributed by atoms with E-state index in [0.29, 0.717) is 16.8 Å². The molecule has 2 rings (SSSR count). The van der Waals surface area contributed by atoms with Crippen LogP contribution in [-0.2, 0) is 20.9 Å². The number of pyridine rings is 1. The van der Waals surface area contributed by atoms with Gasteiger partial charge in [-0.15, -0.1) is 0 Å². The van der Waals surface area contributed by atoms with Gasteiger partial charge in [0.15, 0.2) is 0 Å². The minimum absolute atomic E-state index is 0.0172. The van der Waals surface area contributed by atoms with Crippen LogP contribution in [0.1, 0.15) is 57.2 Å². The highest BCUT2D eigenvalue weighted by molar-refractivity contribution is 6.20. The lowest BCUT2D eigenvalue weighted by atomic mass is 10.1. The van der Waals surface area contributed by atoms with Gasteiger partial charge in [-0.05, 0) is 32.9 Å². The Hall–Kier alpha value is -2.76. The predicted octanol–water partition coefficient (Wildman–Crippen LogP) is 3.44. The fraction of sp³-hybridized carbons (Fsp3) is 0.400. The molecule has 26 heavy (non-hydrogen) atoms. The van der Waals surface area contributed by atoms with E-state index in [1.165, 1.54) is 12.5 Å². The molecule has 6 nitrogen and oxygen atoms in total. The van der Waals surface area contributed by atoms with Crippen LogP contribution in [0.3, 0.4) is 0 Å². The zero-order valence-electron chi connectivity index (χ0n) is 16.0. The molecule has 140 valence electrons. The first-order valence-corrected chi connectivity index (χ1v) is 8.73. The first-order chi connectivity index (χ1) is 12.4. The third kappa shape index (κ3) is 5.12. The minimum atomic E-state index is -0.530. The highest BCUT2D eigenvalue weighted by Gasteiger charge is 2.34. The van der Waals surface area contributed by atoms with Gasteiger partial charge in [-0.1, -0.05) is 38.5 Å². The number of carbonyl (C=O) groups is 3. The lowest BCUT2D eigenvalue weighted by Crippen LogP contribution is -2.31. The highest BCUT2D eigenvalue weighted by Crippen LogP contribution is 2.23. The maximum atomic E-state index is 12.3. The Kier molecular flexibility index (Phi) is 8.42. The molecular weight excluding hydrogens is 332 g/mol. The van der Waals surface area contributed by atoms with E-state index in [4.69, 9.17) is 4.74 Å². The molecule has 0 saturated carbocycles. The van der Waals surface area contributed by atoms with E-state index in [1.807, 2.05) is 0 Å². The van der Waals surface area contributed by atoms with Crippen molar-refractivity contribution in [2.75, 3.05) is 6.61 Å². The molecule has 0 radical (unpaired) electrons. The average Bonchev–Trinajstić information content (AvgIpc) is 2.81. The molecule has 2 heterocycles. The topological polar surface area (TPSA) is 76.6 Å². The van der Waals surface area contributed by atoms with E-state index < -0.39 is 5.97 Å². The van der Waals surface area contributed by atoms with Crippen molar-refractivity contribution in [1.82, 2.24) is 9.88 Å². The molecule has 0 unspecified atom stereocenters. The number of imide groups is 1. The van der Waals surface area contributed by atoms with Crippen LogP contribution >= 0.6 is 0 Å². The van der Waals surface area contributed by atoms with E-state index in [1.54, 1.807) is 45.1 Å². The van der Waals surface area contributed by atoms with Gasteiger partial charge < -0.3 is 4.74 Å². The van der Waals surface area contributed by atoms with Crippen LogP contribution < -0.4 is 0 Å². The average molecular weight is 358 g/mol. The summed E-state index contributed by atoms with van der Waals surface area (Å²) in [6.07, 6.45) is 4.59. The Morgan fingerprint density at radius 2 is 1.85 bits per heavy atom. The van der Waals surface area contributed by atoms with Gasteiger partial charge in [0.2, 0.25) is 0 Å². The van der Waals surface area contributed by atoms with Crippen LogP contribution in [0.4, 0.5) is 0 Å². The molecule has 0 saturated heterocycles. The molecule has 2 amide bonds. The molecule has 0 atom stereocenters. The number of nitrogens with zero attached hydrogens (tertiary/aromatic N) is 2. The van der Waals surface area contributed by atoms with Crippen molar-refractivity contribution in [2.24, 2.45) is 0 Å². The number of hydrogen-bond donors (Lipinski definition) is 0. The third-order valence-corrected chi connectivity index (χ3v) is 3.39. The summed E-state index contributed by atoms with van der Waals surface area (Å²) in [4.78, 5) is 41.5. The molecule has 0 aliphatic carbocycles. The molecule has 1 aliphatic heterocycles. The standard InChI is InChI=1S/C17H18N2O4.C3H8/c1-4-7-13-11(3)15(20)19(16(13)21)10-12-8-6-9-14(18-12)17(22)23-5-2;1-3-2/h4,6-9H,5,10H2,1-3H3;3H2,1-2H3/b7-4-;. The molecule has 6 heteroatoms. The van der Waals surface area contributed by atoms with Gasteiger partial charge in [0, 0.05) is 11.1 Å². The number of ether oxygens (including phenoxy) is 1. The first-order valence-electron chi connectivity index (χ1n) is 8.73. The van der Waals surface area contributed by atoms with Gasteiger partial charge in [0.05, 0.1) is 18.8 Å². The summed E-state index contributed by atoms with van der Waals surface area (Å²) in [7, 11) is 0. The predicted molar refractivity (Wildman–Crippen MR) is 99.2 cm³/mol. The van der Waals surface area contributed by atoms with E-state index in [0.717, 1.165) is 4.90 Å². The van der Waals surface area contributed by atoms with Gasteiger partial charge in [0.1, 0.15) is 5.69 Å². The summed E-state index contributed by atoms with van der Waals surface area (Å²) >= 11 is 0. The van der Waals surface area contributed by atoms with Gasteiger partial charge in [0.25, 0.3) is 11.8 Å². The number of esters is 1.